The molecule has 5 heteroatoms. The van der Waals surface area contributed by atoms with Crippen LogP contribution in [0.2, 0.25) is 5.02 Å². The molecule has 2 atom stereocenters. The molecule has 1 unspecified atom stereocenters. The second-order valence-electron chi connectivity index (χ2n) is 9.95. The quantitative estimate of drug-likeness (QED) is 0.751. The number of hydrogen-bond acceptors (Lipinski definition) is 2. The maximum Gasteiger partial charge on any atom is 0.245 e. The van der Waals surface area contributed by atoms with Crippen molar-refractivity contribution in [1.82, 2.24) is 10.2 Å². The molecule has 1 heterocycles. The third-order valence-corrected chi connectivity index (χ3v) is 7.45. The van der Waals surface area contributed by atoms with Crippen LogP contribution in [0.15, 0.2) is 24.3 Å². The smallest absolute Gasteiger partial charge is 0.245 e. The van der Waals surface area contributed by atoms with E-state index in [1.807, 2.05) is 17.0 Å². The summed E-state index contributed by atoms with van der Waals surface area (Å²) in [5.41, 5.74) is 1.27. The summed E-state index contributed by atoms with van der Waals surface area (Å²) in [6.07, 6.45) is 7.24. The topological polar surface area (TPSA) is 49.4 Å². The molecule has 158 valence electrons. The zero-order valence-corrected chi connectivity index (χ0v) is 18.4. The van der Waals surface area contributed by atoms with E-state index in [0.29, 0.717) is 11.8 Å². The summed E-state index contributed by atoms with van der Waals surface area (Å²) >= 11 is 6.06. The number of nitrogens with zero attached hydrogens (tertiary/aromatic N) is 1. The van der Waals surface area contributed by atoms with Gasteiger partial charge in [-0.15, -0.1) is 0 Å². The average molecular weight is 417 g/mol. The minimum atomic E-state index is -0.328. The van der Waals surface area contributed by atoms with Crippen LogP contribution in [0, 0.1) is 17.3 Å². The summed E-state index contributed by atoms with van der Waals surface area (Å²) in [4.78, 5) is 28.1. The predicted octanol–water partition coefficient (Wildman–Crippen LogP) is 4.77. The Morgan fingerprint density at radius 3 is 2.31 bits per heavy atom. The number of likely N-dealkylation sites (tertiary alicyclic amines) is 1. The van der Waals surface area contributed by atoms with Crippen LogP contribution in [0.1, 0.15) is 70.3 Å². The van der Waals surface area contributed by atoms with Gasteiger partial charge >= 0.3 is 0 Å². The molecule has 29 heavy (non-hydrogen) atoms. The monoisotopic (exact) mass is 416 g/mol. The molecule has 1 N–H and O–H groups in total. The lowest BCUT2D eigenvalue weighted by molar-refractivity contribution is -0.140. The Balaban J connectivity index is 1.43. The first kappa shape index (κ1) is 20.7. The van der Waals surface area contributed by atoms with Gasteiger partial charge in [0.1, 0.15) is 6.04 Å². The summed E-state index contributed by atoms with van der Waals surface area (Å²) < 4.78 is 0. The summed E-state index contributed by atoms with van der Waals surface area (Å²) in [6, 6.07) is 7.80. The molecule has 1 aliphatic heterocycles. The Hall–Kier alpha value is -1.55. The Morgan fingerprint density at radius 2 is 1.72 bits per heavy atom. The number of carbonyl (C=O) groups excluding carboxylic acids is 2. The van der Waals surface area contributed by atoms with Crippen molar-refractivity contribution in [3.8, 4) is 0 Å². The number of benzene rings is 1. The number of hydrogen-bond donors (Lipinski definition) is 1. The Bertz CT molecular complexity index is 751. The van der Waals surface area contributed by atoms with E-state index in [4.69, 9.17) is 11.6 Å². The minimum absolute atomic E-state index is 0.0225. The second-order valence-corrected chi connectivity index (χ2v) is 10.4. The molecule has 3 aliphatic rings. The molecular weight excluding hydrogens is 384 g/mol. The normalized spacial score (nSPS) is 25.6. The molecule has 3 fully saturated rings. The summed E-state index contributed by atoms with van der Waals surface area (Å²) in [5.74, 6) is 1.06. The molecule has 1 aromatic rings. The van der Waals surface area contributed by atoms with Gasteiger partial charge in [0, 0.05) is 24.0 Å². The van der Waals surface area contributed by atoms with Crippen molar-refractivity contribution in [3.05, 3.63) is 34.9 Å². The summed E-state index contributed by atoms with van der Waals surface area (Å²) in [5, 5.41) is 3.90. The number of amides is 2. The lowest BCUT2D eigenvalue weighted by atomic mass is 9.70. The molecule has 4 nitrogen and oxygen atoms in total. The SMILES string of the molecule is CC1(C)CN(C(=O)[C@H](NC(=O)C2CCCC2)C2CC2)CCC1c1ccc(Cl)cc1. The Kier molecular flexibility index (Phi) is 5.92. The van der Waals surface area contributed by atoms with E-state index >= 15 is 0 Å². The third kappa shape index (κ3) is 4.63. The van der Waals surface area contributed by atoms with Crippen LogP contribution in [-0.4, -0.2) is 35.8 Å². The maximum absolute atomic E-state index is 13.4. The van der Waals surface area contributed by atoms with Crippen molar-refractivity contribution in [2.45, 2.75) is 70.8 Å². The molecule has 2 saturated carbocycles. The van der Waals surface area contributed by atoms with Crippen LogP contribution in [0.5, 0.6) is 0 Å². The van der Waals surface area contributed by atoms with Gasteiger partial charge in [-0.3, -0.25) is 9.59 Å². The van der Waals surface area contributed by atoms with E-state index < -0.39 is 0 Å². The van der Waals surface area contributed by atoms with Crippen molar-refractivity contribution < 1.29 is 9.59 Å². The number of piperidine rings is 1. The zero-order valence-electron chi connectivity index (χ0n) is 17.6. The molecule has 0 aromatic heterocycles. The van der Waals surface area contributed by atoms with E-state index in [1.165, 1.54) is 5.56 Å². The van der Waals surface area contributed by atoms with Gasteiger partial charge in [-0.05, 0) is 67.1 Å². The van der Waals surface area contributed by atoms with Crippen molar-refractivity contribution >= 4 is 23.4 Å². The van der Waals surface area contributed by atoms with Gasteiger partial charge in [-0.2, -0.15) is 0 Å². The molecule has 1 saturated heterocycles. The van der Waals surface area contributed by atoms with E-state index in [1.54, 1.807) is 0 Å². The second kappa shape index (κ2) is 8.29. The minimum Gasteiger partial charge on any atom is -0.344 e. The lowest BCUT2D eigenvalue weighted by Gasteiger charge is -2.45. The third-order valence-electron chi connectivity index (χ3n) is 7.20. The first-order chi connectivity index (χ1) is 13.8. The molecule has 2 amide bonds. The van der Waals surface area contributed by atoms with Gasteiger partial charge < -0.3 is 10.2 Å². The van der Waals surface area contributed by atoms with Crippen LogP contribution < -0.4 is 5.32 Å². The van der Waals surface area contributed by atoms with Gasteiger partial charge in [0.05, 0.1) is 0 Å². The molecule has 0 bridgehead atoms. The molecule has 0 spiro atoms. The zero-order chi connectivity index (χ0) is 20.6. The van der Waals surface area contributed by atoms with Crippen LogP contribution in [0.3, 0.4) is 0 Å². The van der Waals surface area contributed by atoms with Gasteiger partial charge in [-0.1, -0.05) is 50.4 Å². The highest BCUT2D eigenvalue weighted by Crippen LogP contribution is 2.43. The fourth-order valence-electron chi connectivity index (χ4n) is 5.32. The lowest BCUT2D eigenvalue weighted by Crippen LogP contribution is -2.55. The van der Waals surface area contributed by atoms with E-state index in [2.05, 4.69) is 31.3 Å². The first-order valence-corrected chi connectivity index (χ1v) is 11.6. The molecule has 1 aromatic carbocycles. The highest BCUT2D eigenvalue weighted by Gasteiger charge is 2.44. The fourth-order valence-corrected chi connectivity index (χ4v) is 5.45. The Labute approximate surface area is 179 Å². The molecule has 2 aliphatic carbocycles. The van der Waals surface area contributed by atoms with Gasteiger partial charge in [0.2, 0.25) is 11.8 Å². The molecule has 0 radical (unpaired) electrons. The van der Waals surface area contributed by atoms with E-state index in [-0.39, 0.29) is 29.2 Å². The van der Waals surface area contributed by atoms with Crippen molar-refractivity contribution in [3.63, 3.8) is 0 Å². The molecular formula is C24H33ClN2O2. The van der Waals surface area contributed by atoms with Crippen LogP contribution >= 0.6 is 11.6 Å². The fraction of sp³-hybridized carbons (Fsp3) is 0.667. The van der Waals surface area contributed by atoms with Crippen molar-refractivity contribution in [2.24, 2.45) is 17.3 Å². The molecule has 4 rings (SSSR count). The van der Waals surface area contributed by atoms with Gasteiger partial charge in [-0.25, -0.2) is 0 Å². The first-order valence-electron chi connectivity index (χ1n) is 11.2. The largest absolute Gasteiger partial charge is 0.344 e. The number of carbonyl (C=O) groups is 2. The number of rotatable bonds is 5. The highest BCUT2D eigenvalue weighted by atomic mass is 35.5. The summed E-state index contributed by atoms with van der Waals surface area (Å²) in [6.45, 7) is 5.96. The van der Waals surface area contributed by atoms with Gasteiger partial charge in [0.15, 0.2) is 0 Å². The Morgan fingerprint density at radius 1 is 1.07 bits per heavy atom. The van der Waals surface area contributed by atoms with E-state index in [0.717, 1.165) is 63.1 Å². The van der Waals surface area contributed by atoms with Crippen molar-refractivity contribution in [2.75, 3.05) is 13.1 Å². The summed E-state index contributed by atoms with van der Waals surface area (Å²) in [7, 11) is 0. The number of halogens is 1. The van der Waals surface area contributed by atoms with Crippen LogP contribution in [0.4, 0.5) is 0 Å². The predicted molar refractivity (Wildman–Crippen MR) is 116 cm³/mol. The highest BCUT2D eigenvalue weighted by molar-refractivity contribution is 6.30. The standard InChI is InChI=1S/C24H33ClN2O2/c1-24(2)15-27(14-13-20(24)16-9-11-19(25)12-10-16)23(29)21(17-7-8-17)26-22(28)18-5-3-4-6-18/h9-12,17-18,20-21H,3-8,13-15H2,1-2H3,(H,26,28)/t20?,21-/m1/s1. The number of nitrogens with one attached hydrogen (secondary N) is 1. The van der Waals surface area contributed by atoms with Crippen LogP contribution in [0.25, 0.3) is 0 Å². The van der Waals surface area contributed by atoms with Crippen molar-refractivity contribution in [1.29, 1.82) is 0 Å². The average Bonchev–Trinajstić information content (AvgIpc) is 3.38. The van der Waals surface area contributed by atoms with E-state index in [9.17, 15) is 9.59 Å². The van der Waals surface area contributed by atoms with Gasteiger partial charge in [0.25, 0.3) is 0 Å². The van der Waals surface area contributed by atoms with Crippen LogP contribution in [-0.2, 0) is 9.59 Å². The maximum atomic E-state index is 13.4.